The molecule has 5 heteroatoms. The van der Waals surface area contributed by atoms with Gasteiger partial charge in [-0.15, -0.1) is 11.3 Å². The van der Waals surface area contributed by atoms with Gasteiger partial charge < -0.3 is 10.2 Å². The van der Waals surface area contributed by atoms with Gasteiger partial charge in [-0.3, -0.25) is 0 Å². The Bertz CT molecular complexity index is 850. The molecule has 0 unspecified atom stereocenters. The quantitative estimate of drug-likeness (QED) is 0.767. The number of carboxylic acid groups (broad SMARTS) is 2. The first-order chi connectivity index (χ1) is 10.1. The van der Waals surface area contributed by atoms with Gasteiger partial charge in [0.2, 0.25) is 0 Å². The summed E-state index contributed by atoms with van der Waals surface area (Å²) in [5.41, 5.74) is 1.03. The number of benzene rings is 2. The van der Waals surface area contributed by atoms with E-state index in [0.717, 1.165) is 10.3 Å². The van der Waals surface area contributed by atoms with Gasteiger partial charge in [-0.1, -0.05) is 18.2 Å². The lowest BCUT2D eigenvalue weighted by molar-refractivity contribution is 0.0686. The summed E-state index contributed by atoms with van der Waals surface area (Å²) in [4.78, 5) is 23.3. The molecule has 104 valence electrons. The van der Waals surface area contributed by atoms with Crippen LogP contribution in [0.3, 0.4) is 0 Å². The smallest absolute Gasteiger partial charge is 0.336 e. The van der Waals surface area contributed by atoms with Crippen molar-refractivity contribution in [1.29, 1.82) is 0 Å². The number of hydrogen-bond donors (Lipinski definition) is 2. The van der Waals surface area contributed by atoms with Crippen LogP contribution < -0.4 is 0 Å². The summed E-state index contributed by atoms with van der Waals surface area (Å²) in [6.07, 6.45) is 0. The fraction of sp³-hybridized carbons (Fsp3) is 0. The van der Waals surface area contributed by atoms with Crippen molar-refractivity contribution < 1.29 is 19.8 Å². The van der Waals surface area contributed by atoms with Crippen molar-refractivity contribution in [3.05, 3.63) is 59.0 Å². The van der Waals surface area contributed by atoms with E-state index in [0.29, 0.717) is 10.9 Å². The minimum atomic E-state index is -1.00. The summed E-state index contributed by atoms with van der Waals surface area (Å²) in [6.45, 7) is 0. The standard InChI is InChI=1S/C16H10O4S/c17-15(18)10-4-5-11-9(8-10)3-6-12(16(19)20)14(11)13-2-1-7-21-13/h1-8H,(H,17,18)(H,19,20). The Hall–Kier alpha value is -2.66. The molecule has 4 nitrogen and oxygen atoms in total. The van der Waals surface area contributed by atoms with Gasteiger partial charge in [0.25, 0.3) is 0 Å². The first kappa shape index (κ1) is 13.3. The number of carboxylic acids is 2. The molecule has 0 saturated carbocycles. The number of fused-ring (bicyclic) bond motifs is 1. The van der Waals surface area contributed by atoms with E-state index in [1.807, 2.05) is 17.5 Å². The molecule has 3 rings (SSSR count). The van der Waals surface area contributed by atoms with Crippen molar-refractivity contribution in [2.75, 3.05) is 0 Å². The SMILES string of the molecule is O=C(O)c1ccc2c(-c3cccs3)c(C(=O)O)ccc2c1. The first-order valence-corrected chi connectivity index (χ1v) is 7.03. The van der Waals surface area contributed by atoms with Gasteiger partial charge in [0.15, 0.2) is 0 Å². The minimum Gasteiger partial charge on any atom is -0.478 e. The maximum absolute atomic E-state index is 11.4. The van der Waals surface area contributed by atoms with Crippen LogP contribution >= 0.6 is 11.3 Å². The predicted molar refractivity (Wildman–Crippen MR) is 81.2 cm³/mol. The zero-order valence-corrected chi connectivity index (χ0v) is 11.6. The molecule has 0 saturated heterocycles. The van der Waals surface area contributed by atoms with Crippen molar-refractivity contribution in [1.82, 2.24) is 0 Å². The van der Waals surface area contributed by atoms with Gasteiger partial charge in [-0.25, -0.2) is 9.59 Å². The van der Waals surface area contributed by atoms with Crippen molar-refractivity contribution in [3.8, 4) is 10.4 Å². The van der Waals surface area contributed by atoms with Crippen LogP contribution in [0.5, 0.6) is 0 Å². The number of rotatable bonds is 3. The zero-order valence-electron chi connectivity index (χ0n) is 10.7. The molecule has 1 heterocycles. The van der Waals surface area contributed by atoms with Crippen molar-refractivity contribution in [2.24, 2.45) is 0 Å². The minimum absolute atomic E-state index is 0.183. The molecular weight excluding hydrogens is 288 g/mol. The fourth-order valence-corrected chi connectivity index (χ4v) is 3.13. The topological polar surface area (TPSA) is 74.6 Å². The second kappa shape index (κ2) is 5.03. The predicted octanol–water partition coefficient (Wildman–Crippen LogP) is 3.96. The lowest BCUT2D eigenvalue weighted by Gasteiger charge is -2.09. The van der Waals surface area contributed by atoms with Crippen molar-refractivity contribution >= 4 is 34.0 Å². The lowest BCUT2D eigenvalue weighted by atomic mass is 9.96. The molecule has 21 heavy (non-hydrogen) atoms. The Morgan fingerprint density at radius 1 is 0.952 bits per heavy atom. The number of aromatic carboxylic acids is 2. The third-order valence-electron chi connectivity index (χ3n) is 3.26. The molecule has 1 aromatic heterocycles. The van der Waals surface area contributed by atoms with E-state index in [1.54, 1.807) is 18.2 Å². The second-order valence-corrected chi connectivity index (χ2v) is 5.46. The highest BCUT2D eigenvalue weighted by Crippen LogP contribution is 2.35. The van der Waals surface area contributed by atoms with Gasteiger partial charge in [-0.05, 0) is 40.4 Å². The van der Waals surface area contributed by atoms with E-state index in [4.69, 9.17) is 5.11 Å². The van der Waals surface area contributed by atoms with Gasteiger partial charge in [0.1, 0.15) is 0 Å². The summed E-state index contributed by atoms with van der Waals surface area (Å²) >= 11 is 1.45. The molecule has 0 amide bonds. The number of thiophene rings is 1. The molecule has 0 aliphatic carbocycles. The molecule has 2 N–H and O–H groups in total. The molecular formula is C16H10O4S. The van der Waals surface area contributed by atoms with Gasteiger partial charge in [0, 0.05) is 10.4 Å². The highest BCUT2D eigenvalue weighted by atomic mass is 32.1. The van der Waals surface area contributed by atoms with Crippen molar-refractivity contribution in [2.45, 2.75) is 0 Å². The van der Waals surface area contributed by atoms with Gasteiger partial charge in [0.05, 0.1) is 11.1 Å². The molecule has 3 aromatic rings. The van der Waals surface area contributed by atoms with E-state index >= 15 is 0 Å². The van der Waals surface area contributed by atoms with Gasteiger partial charge >= 0.3 is 11.9 Å². The van der Waals surface area contributed by atoms with E-state index in [1.165, 1.54) is 23.5 Å². The highest BCUT2D eigenvalue weighted by Gasteiger charge is 2.16. The molecule has 0 atom stereocenters. The lowest BCUT2D eigenvalue weighted by Crippen LogP contribution is -2.01. The third-order valence-corrected chi connectivity index (χ3v) is 4.15. The summed E-state index contributed by atoms with van der Waals surface area (Å²) in [6, 6.07) is 11.6. The van der Waals surface area contributed by atoms with E-state index in [9.17, 15) is 14.7 Å². The van der Waals surface area contributed by atoms with Crippen LogP contribution in [0.15, 0.2) is 47.8 Å². The molecule has 0 fully saturated rings. The zero-order chi connectivity index (χ0) is 15.0. The fourth-order valence-electron chi connectivity index (χ4n) is 2.33. The molecule has 2 aromatic carbocycles. The summed E-state index contributed by atoms with van der Waals surface area (Å²) in [5.74, 6) is -2.00. The molecule has 0 radical (unpaired) electrons. The van der Waals surface area contributed by atoms with E-state index in [2.05, 4.69) is 0 Å². The second-order valence-electron chi connectivity index (χ2n) is 4.51. The number of carbonyl (C=O) groups is 2. The van der Waals surface area contributed by atoms with Crippen LogP contribution in [0.25, 0.3) is 21.2 Å². The van der Waals surface area contributed by atoms with Crippen LogP contribution in [-0.4, -0.2) is 22.2 Å². The average molecular weight is 298 g/mol. The Balaban J connectivity index is 2.37. The molecule has 0 aliphatic rings. The largest absolute Gasteiger partial charge is 0.478 e. The monoisotopic (exact) mass is 298 g/mol. The van der Waals surface area contributed by atoms with Crippen molar-refractivity contribution in [3.63, 3.8) is 0 Å². The van der Waals surface area contributed by atoms with Crippen LogP contribution in [0.1, 0.15) is 20.7 Å². The summed E-state index contributed by atoms with van der Waals surface area (Å²) < 4.78 is 0. The Morgan fingerprint density at radius 2 is 1.76 bits per heavy atom. The van der Waals surface area contributed by atoms with Crippen LogP contribution in [0.2, 0.25) is 0 Å². The summed E-state index contributed by atoms with van der Waals surface area (Å²) in [7, 11) is 0. The number of hydrogen-bond acceptors (Lipinski definition) is 3. The van der Waals surface area contributed by atoms with Crippen LogP contribution in [0, 0.1) is 0 Å². The molecule has 0 spiro atoms. The maximum Gasteiger partial charge on any atom is 0.336 e. The Labute approximate surface area is 123 Å². The van der Waals surface area contributed by atoms with E-state index in [-0.39, 0.29) is 11.1 Å². The van der Waals surface area contributed by atoms with Crippen LogP contribution in [0.4, 0.5) is 0 Å². The molecule has 0 bridgehead atoms. The Kier molecular flexibility index (Phi) is 3.19. The maximum atomic E-state index is 11.4. The average Bonchev–Trinajstić information content (AvgIpc) is 2.98. The van der Waals surface area contributed by atoms with E-state index < -0.39 is 11.9 Å². The third kappa shape index (κ3) is 2.28. The molecule has 0 aliphatic heterocycles. The van der Waals surface area contributed by atoms with Gasteiger partial charge in [-0.2, -0.15) is 0 Å². The van der Waals surface area contributed by atoms with Crippen LogP contribution in [-0.2, 0) is 0 Å². The normalized spacial score (nSPS) is 10.7. The highest BCUT2D eigenvalue weighted by molar-refractivity contribution is 7.13. The summed E-state index contributed by atoms with van der Waals surface area (Å²) in [5, 5.41) is 21.8. The Morgan fingerprint density at radius 3 is 2.38 bits per heavy atom. The first-order valence-electron chi connectivity index (χ1n) is 6.15.